The summed E-state index contributed by atoms with van der Waals surface area (Å²) < 4.78 is 14.7. The lowest BCUT2D eigenvalue weighted by atomic mass is 9.83. The van der Waals surface area contributed by atoms with E-state index in [0.717, 1.165) is 0 Å². The Bertz CT molecular complexity index is 888. The lowest BCUT2D eigenvalue weighted by molar-refractivity contribution is -0.429. The Balaban J connectivity index is 1.91. The van der Waals surface area contributed by atoms with Gasteiger partial charge in [0.1, 0.15) is 24.0 Å². The third-order valence-electron chi connectivity index (χ3n) is 4.72. The molecule has 0 spiro atoms. The fraction of sp³-hybridized carbons (Fsp3) is 0.368. The predicted molar refractivity (Wildman–Crippen MR) is 97.1 cm³/mol. The number of rotatable bonds is 6. The van der Waals surface area contributed by atoms with Crippen LogP contribution in [0.5, 0.6) is 5.75 Å². The molecule has 9 heteroatoms. The molecule has 1 aromatic rings. The van der Waals surface area contributed by atoms with Crippen molar-refractivity contribution in [2.75, 3.05) is 20.3 Å². The van der Waals surface area contributed by atoms with Crippen LogP contribution < -0.4 is 10.5 Å². The highest BCUT2D eigenvalue weighted by Gasteiger charge is 2.45. The van der Waals surface area contributed by atoms with Gasteiger partial charge in [-0.05, 0) is 36.1 Å². The Hall–Kier alpha value is -3.20. The first-order valence-electron chi connectivity index (χ1n) is 8.78. The molecule has 1 atom stereocenters. The zero-order chi connectivity index (χ0) is 20.3. The summed E-state index contributed by atoms with van der Waals surface area (Å²) in [6, 6.07) is 6.23. The van der Waals surface area contributed by atoms with Crippen molar-refractivity contribution in [2.45, 2.75) is 25.2 Å². The zero-order valence-corrected chi connectivity index (χ0v) is 15.3. The fourth-order valence-corrected chi connectivity index (χ4v) is 3.55. The maximum Gasteiger partial charge on any atom is 0.513 e. The number of hydrogen-bond acceptors (Lipinski definition) is 8. The van der Waals surface area contributed by atoms with Crippen LogP contribution in [0.4, 0.5) is 4.79 Å². The average Bonchev–Trinajstić information content (AvgIpc) is 2.96. The van der Waals surface area contributed by atoms with E-state index in [4.69, 9.17) is 19.9 Å². The van der Waals surface area contributed by atoms with Crippen LogP contribution in [0.1, 0.15) is 30.7 Å². The molecule has 1 unspecified atom stereocenters. The number of ketones is 1. The first-order valence-corrected chi connectivity index (χ1v) is 8.78. The van der Waals surface area contributed by atoms with Crippen molar-refractivity contribution in [3.8, 4) is 5.75 Å². The Morgan fingerprint density at radius 2 is 2.11 bits per heavy atom. The maximum atomic E-state index is 12.5. The van der Waals surface area contributed by atoms with E-state index in [9.17, 15) is 19.7 Å². The Labute approximate surface area is 160 Å². The summed E-state index contributed by atoms with van der Waals surface area (Å²) in [4.78, 5) is 35.4. The molecule has 3 rings (SSSR count). The second-order valence-corrected chi connectivity index (χ2v) is 6.42. The van der Waals surface area contributed by atoms with Crippen molar-refractivity contribution < 1.29 is 28.7 Å². The van der Waals surface area contributed by atoms with E-state index in [1.165, 1.54) is 19.2 Å². The highest BCUT2D eigenvalue weighted by molar-refractivity contribution is 6.01. The van der Waals surface area contributed by atoms with Gasteiger partial charge in [-0.1, -0.05) is 12.1 Å². The number of carbonyl (C=O) groups is 2. The summed E-state index contributed by atoms with van der Waals surface area (Å²) in [5.41, 5.74) is 7.25. The van der Waals surface area contributed by atoms with E-state index >= 15 is 0 Å². The minimum atomic E-state index is -0.918. The fourth-order valence-electron chi connectivity index (χ4n) is 3.55. The third kappa shape index (κ3) is 3.74. The van der Waals surface area contributed by atoms with Crippen molar-refractivity contribution in [3.05, 3.63) is 62.5 Å². The lowest BCUT2D eigenvalue weighted by Gasteiger charge is -2.18. The summed E-state index contributed by atoms with van der Waals surface area (Å²) in [6.45, 7) is 0.264. The first-order chi connectivity index (χ1) is 13.4. The predicted octanol–water partition coefficient (Wildman–Crippen LogP) is 2.44. The molecule has 2 aliphatic carbocycles. The summed E-state index contributed by atoms with van der Waals surface area (Å²) in [7, 11) is 1.47. The topological polar surface area (TPSA) is 131 Å². The van der Waals surface area contributed by atoms with Gasteiger partial charge < -0.3 is 19.9 Å². The molecule has 0 radical (unpaired) electrons. The molecule has 0 aromatic heterocycles. The minimum absolute atomic E-state index is 0.0349. The molecular formula is C19H20N2O7. The lowest BCUT2D eigenvalue weighted by Crippen LogP contribution is -2.18. The number of Topliss-reactive ketones (excluding diaryl/α,β-unsaturated/α-hetero) is 1. The van der Waals surface area contributed by atoms with Crippen molar-refractivity contribution in [3.63, 3.8) is 0 Å². The van der Waals surface area contributed by atoms with Gasteiger partial charge in [0.2, 0.25) is 0 Å². The van der Waals surface area contributed by atoms with Gasteiger partial charge in [0.25, 0.3) is 5.70 Å². The van der Waals surface area contributed by atoms with Crippen LogP contribution >= 0.6 is 0 Å². The molecule has 0 saturated heterocycles. The van der Waals surface area contributed by atoms with E-state index in [-0.39, 0.29) is 36.1 Å². The van der Waals surface area contributed by atoms with Crippen LogP contribution in [0.3, 0.4) is 0 Å². The first kappa shape index (κ1) is 19.6. The molecule has 2 N–H and O–H groups in total. The smallest absolute Gasteiger partial charge is 0.432 e. The number of ether oxygens (including phenoxy) is 3. The number of nitrogens with two attached hydrogens (primary N) is 1. The van der Waals surface area contributed by atoms with Gasteiger partial charge in [0.05, 0.1) is 11.5 Å². The molecule has 0 bridgehead atoms. The van der Waals surface area contributed by atoms with Gasteiger partial charge in [-0.15, -0.1) is 0 Å². The second-order valence-electron chi connectivity index (χ2n) is 6.42. The normalized spacial score (nSPS) is 18.9. The summed E-state index contributed by atoms with van der Waals surface area (Å²) in [5, 5.41) is 11.7. The highest BCUT2D eigenvalue weighted by atomic mass is 16.7. The van der Waals surface area contributed by atoms with E-state index < -0.39 is 17.0 Å². The van der Waals surface area contributed by atoms with Crippen LogP contribution in [-0.4, -0.2) is 37.2 Å². The average molecular weight is 388 g/mol. The monoisotopic (exact) mass is 388 g/mol. The summed E-state index contributed by atoms with van der Waals surface area (Å²) in [5.74, 6) is -0.874. The second kappa shape index (κ2) is 8.22. The van der Waals surface area contributed by atoms with Gasteiger partial charge in [-0.2, -0.15) is 0 Å². The van der Waals surface area contributed by atoms with Crippen molar-refractivity contribution in [1.29, 1.82) is 0 Å². The number of benzene rings is 1. The van der Waals surface area contributed by atoms with Crippen molar-refractivity contribution >= 4 is 11.9 Å². The van der Waals surface area contributed by atoms with Gasteiger partial charge in [0.15, 0.2) is 5.78 Å². The molecule has 148 valence electrons. The van der Waals surface area contributed by atoms with Gasteiger partial charge in [-0.25, -0.2) is 4.79 Å². The maximum absolute atomic E-state index is 12.5. The molecule has 0 saturated carbocycles. The molecular weight excluding hydrogens is 368 g/mol. The molecule has 28 heavy (non-hydrogen) atoms. The molecule has 2 aliphatic rings. The van der Waals surface area contributed by atoms with Crippen LogP contribution in [-0.2, 0) is 14.3 Å². The molecule has 1 aromatic carbocycles. The van der Waals surface area contributed by atoms with Gasteiger partial charge in [0, 0.05) is 19.1 Å². The Morgan fingerprint density at radius 3 is 2.82 bits per heavy atom. The molecule has 0 heterocycles. The van der Waals surface area contributed by atoms with E-state index in [1.54, 1.807) is 12.1 Å². The number of allylic oxidation sites excluding steroid dienone is 2. The van der Waals surface area contributed by atoms with Crippen LogP contribution in [0.25, 0.3) is 0 Å². The van der Waals surface area contributed by atoms with E-state index in [0.29, 0.717) is 36.0 Å². The van der Waals surface area contributed by atoms with Crippen molar-refractivity contribution in [2.24, 2.45) is 5.73 Å². The highest BCUT2D eigenvalue weighted by Crippen LogP contribution is 2.47. The van der Waals surface area contributed by atoms with Gasteiger partial charge in [-0.3, -0.25) is 14.9 Å². The van der Waals surface area contributed by atoms with Crippen LogP contribution in [0.15, 0.2) is 46.8 Å². The number of nitrogens with zero attached hydrogens (tertiary/aromatic N) is 1. The molecule has 0 aliphatic heterocycles. The summed E-state index contributed by atoms with van der Waals surface area (Å²) >= 11 is 0. The quantitative estimate of drug-likeness (QED) is 0.258. The molecule has 0 fully saturated rings. The minimum Gasteiger partial charge on any atom is -0.432 e. The zero-order valence-electron chi connectivity index (χ0n) is 15.3. The number of nitro groups is 1. The summed E-state index contributed by atoms with van der Waals surface area (Å²) in [6.07, 6.45) is 0.559. The largest absolute Gasteiger partial charge is 0.513 e. The molecule has 0 amide bonds. The SMILES string of the molecule is COCCOC(=O)Oc1cccc(C2C3=C(CCCC3=O)C(N)=C2[N+](=O)[O-])c1. The number of methoxy groups -OCH3 is 1. The van der Waals surface area contributed by atoms with Gasteiger partial charge >= 0.3 is 6.16 Å². The van der Waals surface area contributed by atoms with Crippen molar-refractivity contribution in [1.82, 2.24) is 0 Å². The number of carbonyl (C=O) groups excluding carboxylic acids is 2. The Kier molecular flexibility index (Phi) is 5.74. The van der Waals surface area contributed by atoms with Crippen LogP contribution in [0, 0.1) is 10.1 Å². The number of hydrogen-bond donors (Lipinski definition) is 1. The van der Waals surface area contributed by atoms with Crippen LogP contribution in [0.2, 0.25) is 0 Å². The standard InChI is InChI=1S/C19H20N2O7/c1-26-8-9-27-19(23)28-12-5-2-4-11(10-12)15-16-13(6-3-7-14(16)22)17(20)18(15)21(24)25/h2,4-5,10,15H,3,6-9,20H2,1H3. The van der Waals surface area contributed by atoms with E-state index in [1.807, 2.05) is 0 Å². The Morgan fingerprint density at radius 1 is 1.32 bits per heavy atom. The van der Waals surface area contributed by atoms with E-state index in [2.05, 4.69) is 0 Å². The molecule has 9 nitrogen and oxygen atoms in total. The third-order valence-corrected chi connectivity index (χ3v) is 4.72.